The highest BCUT2D eigenvalue weighted by atomic mass is 19.4. The average molecular weight is 281 g/mol. The lowest BCUT2D eigenvalue weighted by atomic mass is 9.95. The summed E-state index contributed by atoms with van der Waals surface area (Å²) in [4.78, 5) is 15.1. The minimum Gasteiger partial charge on any atom is -0.478 e. The van der Waals surface area contributed by atoms with Gasteiger partial charge < -0.3 is 5.11 Å². The highest BCUT2D eigenvalue weighted by molar-refractivity contribution is 5.97. The number of hydrogen-bond acceptors (Lipinski definition) is 2. The number of carboxylic acid groups (broad SMARTS) is 1. The molecule has 0 fully saturated rings. The first kappa shape index (κ1) is 14.0. The zero-order chi connectivity index (χ0) is 14.9. The smallest absolute Gasteiger partial charge is 0.417 e. The van der Waals surface area contributed by atoms with Gasteiger partial charge in [0.05, 0.1) is 11.1 Å². The molecular weight excluding hydrogens is 271 g/mol. The normalized spacial score (nSPS) is 11.4. The summed E-state index contributed by atoms with van der Waals surface area (Å²) in [5.74, 6) is -1.62. The van der Waals surface area contributed by atoms with E-state index in [4.69, 9.17) is 5.11 Å². The van der Waals surface area contributed by atoms with Gasteiger partial charge in [0.2, 0.25) is 0 Å². The number of nitrogens with zero attached hydrogens (tertiary/aromatic N) is 1. The maximum atomic E-state index is 12.9. The van der Waals surface area contributed by atoms with Crippen LogP contribution in [0.15, 0.2) is 36.7 Å². The summed E-state index contributed by atoms with van der Waals surface area (Å²) in [6.45, 7) is 1.73. The van der Waals surface area contributed by atoms with Crippen molar-refractivity contribution >= 4 is 5.97 Å². The molecule has 1 aromatic carbocycles. The van der Waals surface area contributed by atoms with Crippen LogP contribution in [-0.2, 0) is 6.18 Å². The summed E-state index contributed by atoms with van der Waals surface area (Å²) < 4.78 is 38.7. The SMILES string of the molecule is Cc1cncc(-c2cccc(C(F)(F)F)c2C(=O)O)c1. The average Bonchev–Trinajstić information content (AvgIpc) is 2.36. The number of carboxylic acids is 1. The van der Waals surface area contributed by atoms with Crippen LogP contribution in [0.3, 0.4) is 0 Å². The summed E-state index contributed by atoms with van der Waals surface area (Å²) in [6, 6.07) is 4.88. The molecule has 6 heteroatoms. The van der Waals surface area contributed by atoms with E-state index in [2.05, 4.69) is 4.98 Å². The molecule has 1 heterocycles. The fraction of sp³-hybridized carbons (Fsp3) is 0.143. The van der Waals surface area contributed by atoms with Crippen LogP contribution in [0, 0.1) is 6.92 Å². The number of benzene rings is 1. The molecule has 104 valence electrons. The standard InChI is InChI=1S/C14H10F3NO2/c1-8-5-9(7-18-6-8)10-3-2-4-11(14(15,16)17)12(10)13(19)20/h2-7H,1H3,(H,19,20). The molecule has 0 spiro atoms. The second kappa shape index (κ2) is 4.96. The summed E-state index contributed by atoms with van der Waals surface area (Å²) >= 11 is 0. The third-order valence-electron chi connectivity index (χ3n) is 2.77. The number of aromatic carboxylic acids is 1. The Morgan fingerprint density at radius 3 is 2.50 bits per heavy atom. The van der Waals surface area contributed by atoms with Crippen LogP contribution in [0.25, 0.3) is 11.1 Å². The molecule has 0 saturated heterocycles. The number of alkyl halides is 3. The van der Waals surface area contributed by atoms with Crippen LogP contribution < -0.4 is 0 Å². The van der Waals surface area contributed by atoms with Crippen LogP contribution in [-0.4, -0.2) is 16.1 Å². The molecule has 20 heavy (non-hydrogen) atoms. The van der Waals surface area contributed by atoms with Crippen LogP contribution in [0.5, 0.6) is 0 Å². The number of hydrogen-bond donors (Lipinski definition) is 1. The number of rotatable bonds is 2. The zero-order valence-electron chi connectivity index (χ0n) is 10.4. The Bertz CT molecular complexity index is 666. The second-order valence-corrected chi connectivity index (χ2v) is 4.28. The van der Waals surface area contributed by atoms with Gasteiger partial charge in [0, 0.05) is 18.0 Å². The fourth-order valence-electron chi connectivity index (χ4n) is 1.96. The van der Waals surface area contributed by atoms with Gasteiger partial charge in [0.15, 0.2) is 0 Å². The van der Waals surface area contributed by atoms with Crippen molar-refractivity contribution in [2.75, 3.05) is 0 Å². The van der Waals surface area contributed by atoms with E-state index in [9.17, 15) is 18.0 Å². The van der Waals surface area contributed by atoms with Crippen LogP contribution in [0.4, 0.5) is 13.2 Å². The van der Waals surface area contributed by atoms with E-state index in [1.165, 1.54) is 24.5 Å². The fourth-order valence-corrected chi connectivity index (χ4v) is 1.96. The minimum absolute atomic E-state index is 0.00326. The Morgan fingerprint density at radius 1 is 1.25 bits per heavy atom. The topological polar surface area (TPSA) is 50.2 Å². The van der Waals surface area contributed by atoms with E-state index < -0.39 is 23.3 Å². The molecular formula is C14H10F3NO2. The van der Waals surface area contributed by atoms with Crippen molar-refractivity contribution in [3.05, 3.63) is 53.3 Å². The van der Waals surface area contributed by atoms with Gasteiger partial charge in [-0.2, -0.15) is 13.2 Å². The Labute approximate surface area is 112 Å². The van der Waals surface area contributed by atoms with E-state index in [1.807, 2.05) is 0 Å². The van der Waals surface area contributed by atoms with Gasteiger partial charge in [-0.25, -0.2) is 4.79 Å². The number of halogens is 3. The van der Waals surface area contributed by atoms with E-state index in [1.54, 1.807) is 13.0 Å². The molecule has 1 N–H and O–H groups in total. The highest BCUT2D eigenvalue weighted by Gasteiger charge is 2.36. The number of pyridine rings is 1. The van der Waals surface area contributed by atoms with Crippen molar-refractivity contribution in [3.63, 3.8) is 0 Å². The van der Waals surface area contributed by atoms with Gasteiger partial charge in [0.1, 0.15) is 0 Å². The molecule has 0 aliphatic carbocycles. The largest absolute Gasteiger partial charge is 0.478 e. The molecule has 0 amide bonds. The minimum atomic E-state index is -4.72. The van der Waals surface area contributed by atoms with E-state index >= 15 is 0 Å². The van der Waals surface area contributed by atoms with Crippen molar-refractivity contribution in [1.82, 2.24) is 4.98 Å². The molecule has 3 nitrogen and oxygen atoms in total. The Kier molecular flexibility index (Phi) is 3.48. The number of aryl methyl sites for hydroxylation is 1. The lowest BCUT2D eigenvalue weighted by Crippen LogP contribution is -2.14. The van der Waals surface area contributed by atoms with Crippen molar-refractivity contribution in [3.8, 4) is 11.1 Å². The molecule has 0 bridgehead atoms. The first-order valence-corrected chi connectivity index (χ1v) is 5.66. The Hall–Kier alpha value is -2.37. The van der Waals surface area contributed by atoms with Gasteiger partial charge in [0.25, 0.3) is 0 Å². The van der Waals surface area contributed by atoms with E-state index in [0.29, 0.717) is 5.56 Å². The maximum Gasteiger partial charge on any atom is 0.417 e. The van der Waals surface area contributed by atoms with Crippen molar-refractivity contribution in [1.29, 1.82) is 0 Å². The quantitative estimate of drug-likeness (QED) is 0.911. The van der Waals surface area contributed by atoms with Crippen molar-refractivity contribution in [2.45, 2.75) is 13.1 Å². The number of aromatic nitrogens is 1. The lowest BCUT2D eigenvalue weighted by molar-refractivity contribution is -0.138. The van der Waals surface area contributed by atoms with Gasteiger partial charge in [-0.05, 0) is 30.2 Å². The molecule has 0 aliphatic heterocycles. The molecule has 0 unspecified atom stereocenters. The first-order valence-electron chi connectivity index (χ1n) is 5.66. The molecule has 0 atom stereocenters. The van der Waals surface area contributed by atoms with Gasteiger partial charge in [-0.1, -0.05) is 12.1 Å². The van der Waals surface area contributed by atoms with Crippen LogP contribution in [0.1, 0.15) is 21.5 Å². The zero-order valence-corrected chi connectivity index (χ0v) is 10.4. The third-order valence-corrected chi connectivity index (χ3v) is 2.77. The highest BCUT2D eigenvalue weighted by Crippen LogP contribution is 2.36. The monoisotopic (exact) mass is 281 g/mol. The first-order chi connectivity index (χ1) is 9.30. The van der Waals surface area contributed by atoms with Crippen molar-refractivity contribution in [2.24, 2.45) is 0 Å². The molecule has 0 aliphatic rings. The van der Waals surface area contributed by atoms with Gasteiger partial charge >= 0.3 is 12.1 Å². The number of carbonyl (C=O) groups is 1. The molecule has 0 saturated carbocycles. The predicted octanol–water partition coefficient (Wildman–Crippen LogP) is 3.77. The molecule has 0 radical (unpaired) electrons. The summed E-state index contributed by atoms with van der Waals surface area (Å²) in [5, 5.41) is 9.12. The molecule has 2 rings (SSSR count). The third kappa shape index (κ3) is 2.64. The predicted molar refractivity (Wildman–Crippen MR) is 66.4 cm³/mol. The second-order valence-electron chi connectivity index (χ2n) is 4.28. The Morgan fingerprint density at radius 2 is 1.95 bits per heavy atom. The van der Waals surface area contributed by atoms with Crippen molar-refractivity contribution < 1.29 is 23.1 Å². The van der Waals surface area contributed by atoms with E-state index in [-0.39, 0.29) is 5.56 Å². The molecule has 2 aromatic rings. The van der Waals surface area contributed by atoms with E-state index in [0.717, 1.165) is 11.6 Å². The molecule has 1 aromatic heterocycles. The lowest BCUT2D eigenvalue weighted by Gasteiger charge is -2.14. The maximum absolute atomic E-state index is 12.9. The van der Waals surface area contributed by atoms with Gasteiger partial charge in [-0.3, -0.25) is 4.98 Å². The Balaban J connectivity index is 2.74. The van der Waals surface area contributed by atoms with Gasteiger partial charge in [-0.15, -0.1) is 0 Å². The summed E-state index contributed by atoms with van der Waals surface area (Å²) in [7, 11) is 0. The van der Waals surface area contributed by atoms with Crippen LogP contribution in [0.2, 0.25) is 0 Å². The summed E-state index contributed by atoms with van der Waals surface area (Å²) in [6.07, 6.45) is -1.84. The summed E-state index contributed by atoms with van der Waals surface area (Å²) in [5.41, 5.74) is -0.843. The van der Waals surface area contributed by atoms with Crippen LogP contribution >= 0.6 is 0 Å².